The van der Waals surface area contributed by atoms with Gasteiger partial charge in [-0.3, -0.25) is 0 Å². The summed E-state index contributed by atoms with van der Waals surface area (Å²) in [5, 5.41) is 1.50. The minimum atomic E-state index is 0.141. The largest absolute Gasteiger partial charge is 0.131 e. The molecule has 0 radical (unpaired) electrons. The van der Waals surface area contributed by atoms with Gasteiger partial charge in [0, 0.05) is 0 Å². The average molecular weight is 803 g/mol. The van der Waals surface area contributed by atoms with Crippen LogP contribution >= 0.6 is 35.6 Å². The van der Waals surface area contributed by atoms with Crippen LogP contribution in [-0.2, 0) is 0 Å². The summed E-state index contributed by atoms with van der Waals surface area (Å²) in [5.41, 5.74) is 0. The molecule has 52 heavy (non-hydrogen) atoms. The van der Waals surface area contributed by atoms with Gasteiger partial charge in [-0.1, -0.05) is 196 Å². The molecule has 0 aromatic rings. The topological polar surface area (TPSA) is 0 Å². The van der Waals surface area contributed by atoms with Crippen LogP contribution in [0.4, 0.5) is 0 Å². The molecule has 0 aliphatic heterocycles. The first-order chi connectivity index (χ1) is 25.1. The Balaban J connectivity index is 5.65. The molecule has 0 saturated carbocycles. The lowest BCUT2D eigenvalue weighted by Crippen LogP contribution is -2.22. The first kappa shape index (κ1) is 53.7. The third-order valence-corrected chi connectivity index (χ3v) is 18.1. The minimum absolute atomic E-state index is 0.141. The summed E-state index contributed by atoms with van der Waals surface area (Å²) in [6, 6.07) is 0. The molecule has 0 bridgehead atoms. The van der Waals surface area contributed by atoms with Crippen LogP contribution in [0.25, 0.3) is 0 Å². The van der Waals surface area contributed by atoms with Gasteiger partial charge in [-0.25, -0.2) is 0 Å². The van der Waals surface area contributed by atoms with Crippen molar-refractivity contribution in [1.29, 1.82) is 0 Å². The van der Waals surface area contributed by atoms with E-state index in [0.717, 1.165) is 0 Å². The molecular weight excluding hydrogens is 700 g/mol. The van der Waals surface area contributed by atoms with Crippen LogP contribution in [0.5, 0.6) is 0 Å². The lowest BCUT2D eigenvalue weighted by atomic mass is 9.89. The highest BCUT2D eigenvalue weighted by molar-refractivity contribution is 7.57. The Morgan fingerprint density at radius 3 is 0.596 bits per heavy atom. The van der Waals surface area contributed by atoms with Crippen molar-refractivity contribution in [2.24, 2.45) is 0 Å². The molecule has 4 heteroatoms. The van der Waals surface area contributed by atoms with Gasteiger partial charge in [0.1, 0.15) is 0 Å². The summed E-state index contributed by atoms with van der Waals surface area (Å²) < 4.78 is 0. The summed E-state index contributed by atoms with van der Waals surface area (Å²) in [5.74, 6) is 0. The lowest BCUT2D eigenvalue weighted by Gasteiger charge is -2.33. The molecule has 314 valence electrons. The molecule has 0 amide bonds. The fourth-order valence-corrected chi connectivity index (χ4v) is 13.2. The van der Waals surface area contributed by atoms with Gasteiger partial charge in [-0.05, 0) is 111 Å². The van der Waals surface area contributed by atoms with E-state index in [1.54, 1.807) is 18.5 Å². The van der Waals surface area contributed by atoms with E-state index in [1.807, 2.05) is 0 Å². The zero-order valence-electron chi connectivity index (χ0n) is 37.3. The molecule has 0 fully saturated rings. The van der Waals surface area contributed by atoms with Crippen LogP contribution in [0.15, 0.2) is 0 Å². The van der Waals surface area contributed by atoms with E-state index in [4.69, 9.17) is 0 Å². The van der Waals surface area contributed by atoms with Crippen molar-refractivity contribution in [3.63, 3.8) is 0 Å². The third kappa shape index (κ3) is 31.8. The summed E-state index contributed by atoms with van der Waals surface area (Å²) in [4.78, 5) is 0. The Morgan fingerprint density at radius 2 is 0.423 bits per heavy atom. The number of hydrogen-bond acceptors (Lipinski definition) is 0. The normalized spacial score (nSPS) is 12.8. The molecule has 0 aliphatic rings. The highest BCUT2D eigenvalue weighted by Crippen LogP contribution is 2.46. The predicted octanol–water partition coefficient (Wildman–Crippen LogP) is 18.5. The van der Waals surface area contributed by atoms with Crippen LogP contribution in [0, 0.1) is 0 Å². The quantitative estimate of drug-likeness (QED) is 0.0426. The first-order valence-corrected chi connectivity index (χ1v) is 27.9. The number of hydrogen-bond donors (Lipinski definition) is 0. The Kier molecular flexibility index (Phi) is 38.2. The van der Waals surface area contributed by atoms with E-state index in [-0.39, 0.29) is 7.92 Å². The Bertz CT molecular complexity index is 592. The maximum absolute atomic E-state index is 3.47. The van der Waals surface area contributed by atoms with Gasteiger partial charge in [0.2, 0.25) is 0 Å². The van der Waals surface area contributed by atoms with Crippen LogP contribution < -0.4 is 0 Å². The molecule has 3 atom stereocenters. The predicted molar refractivity (Wildman–Crippen MR) is 259 cm³/mol. The molecule has 0 heterocycles. The van der Waals surface area contributed by atoms with E-state index < -0.39 is 0 Å². The summed E-state index contributed by atoms with van der Waals surface area (Å²) in [7, 11) is 10.6. The second-order valence-electron chi connectivity index (χ2n) is 18.1. The number of unbranched alkanes of at least 4 members (excludes halogenated alkanes) is 18. The molecule has 3 unspecified atom stereocenters. The first-order valence-electron chi connectivity index (χ1n) is 24.2. The highest BCUT2D eigenvalue weighted by atomic mass is 31.1. The second kappa shape index (κ2) is 37.0. The van der Waals surface area contributed by atoms with E-state index in [9.17, 15) is 0 Å². The van der Waals surface area contributed by atoms with Gasteiger partial charge in [0.25, 0.3) is 0 Å². The van der Waals surface area contributed by atoms with Gasteiger partial charge >= 0.3 is 0 Å². The molecule has 0 aliphatic carbocycles. The average Bonchev–Trinajstić information content (AvgIpc) is 3.13. The Hall–Kier alpha value is 1.72. The zero-order valence-corrected chi connectivity index (χ0v) is 41.6. The van der Waals surface area contributed by atoms with Gasteiger partial charge < -0.3 is 0 Å². The van der Waals surface area contributed by atoms with Gasteiger partial charge in [0.05, 0.1) is 0 Å². The molecular formula is C48H102P4. The standard InChI is InChI=1S/C48H102P4/c1-7-13-19-25-34-46(49,35-26-20-14-8-2)40-31-43-52(44-32-41-47(50,36-27-21-15-9-3)37-28-22-16-10-4)45-33-42-48(51,38-29-23-17-11-5)39-30-24-18-12-6/h7-45,49-51H2,1-6H3. The fourth-order valence-electron chi connectivity index (χ4n) is 8.85. The van der Waals surface area contributed by atoms with E-state index in [0.29, 0.717) is 15.5 Å². The van der Waals surface area contributed by atoms with Gasteiger partial charge in [-0.15, -0.1) is 35.6 Å². The summed E-state index contributed by atoms with van der Waals surface area (Å²) >= 11 is 0. The van der Waals surface area contributed by atoms with Crippen molar-refractivity contribution in [2.75, 3.05) is 18.5 Å². The maximum atomic E-state index is 3.47. The van der Waals surface area contributed by atoms with Crippen molar-refractivity contribution in [3.8, 4) is 0 Å². The second-order valence-corrected chi connectivity index (χ2v) is 24.5. The lowest BCUT2D eigenvalue weighted by molar-refractivity contribution is 0.417. The summed E-state index contributed by atoms with van der Waals surface area (Å²) in [6.45, 7) is 14.2. The highest BCUT2D eigenvalue weighted by Gasteiger charge is 2.27. The molecule has 0 nitrogen and oxygen atoms in total. The number of rotatable bonds is 42. The molecule has 0 aromatic heterocycles. The molecule has 0 saturated heterocycles. The minimum Gasteiger partial charge on any atom is -0.131 e. The van der Waals surface area contributed by atoms with E-state index >= 15 is 0 Å². The Labute approximate surface area is 340 Å². The van der Waals surface area contributed by atoms with Crippen molar-refractivity contribution >= 4 is 35.6 Å². The van der Waals surface area contributed by atoms with Crippen LogP contribution in [0.3, 0.4) is 0 Å². The van der Waals surface area contributed by atoms with Crippen molar-refractivity contribution in [2.45, 2.75) is 288 Å². The molecule has 0 aromatic carbocycles. The molecule has 0 spiro atoms. The van der Waals surface area contributed by atoms with Crippen molar-refractivity contribution in [1.82, 2.24) is 0 Å². The zero-order chi connectivity index (χ0) is 38.7. The monoisotopic (exact) mass is 803 g/mol. The smallest absolute Gasteiger partial charge is 0.0150 e. The fraction of sp³-hybridized carbons (Fsp3) is 1.00. The SMILES string of the molecule is CCCCCCC(P)(CCCCCC)CCCP(CCCC(P)(CCCCCC)CCCCCC)CCCC(P)(CCCCCC)CCCCCC. The van der Waals surface area contributed by atoms with Gasteiger partial charge in [0.15, 0.2) is 0 Å². The van der Waals surface area contributed by atoms with E-state index in [1.165, 1.54) is 231 Å². The van der Waals surface area contributed by atoms with Gasteiger partial charge in [-0.2, -0.15) is 0 Å². The van der Waals surface area contributed by atoms with Crippen LogP contribution in [-0.4, -0.2) is 34.0 Å². The maximum Gasteiger partial charge on any atom is -0.0150 e. The third-order valence-electron chi connectivity index (χ3n) is 12.6. The van der Waals surface area contributed by atoms with Crippen LogP contribution in [0.2, 0.25) is 0 Å². The Morgan fingerprint density at radius 1 is 0.250 bits per heavy atom. The molecule has 0 rings (SSSR count). The van der Waals surface area contributed by atoms with Crippen LogP contribution in [0.1, 0.15) is 273 Å². The molecule has 0 N–H and O–H groups in total. The van der Waals surface area contributed by atoms with Crippen molar-refractivity contribution in [3.05, 3.63) is 0 Å². The summed E-state index contributed by atoms with van der Waals surface area (Å²) in [6.07, 6.45) is 56.1. The van der Waals surface area contributed by atoms with Crippen molar-refractivity contribution < 1.29 is 0 Å². The van der Waals surface area contributed by atoms with E-state index in [2.05, 4.69) is 69.3 Å².